The molecule has 1 aromatic heterocycles. The van der Waals surface area contributed by atoms with Gasteiger partial charge in [0.05, 0.1) is 5.69 Å². The van der Waals surface area contributed by atoms with Crippen LogP contribution in [-0.2, 0) is 6.42 Å². The van der Waals surface area contributed by atoms with Crippen molar-refractivity contribution in [3.05, 3.63) is 53.4 Å². The highest BCUT2D eigenvalue weighted by molar-refractivity contribution is 6.03. The molecule has 1 aliphatic carbocycles. The molecular formula is C14H9F4NO. The molecule has 0 unspecified atom stereocenters. The molecule has 0 atom stereocenters. The molecule has 1 heterocycles. The zero-order chi connectivity index (χ0) is 14.5. The molecule has 6 heteroatoms. The molecule has 0 aliphatic heterocycles. The SMILES string of the molecule is O=C1c2ccn(-c3cc(F)cc(F)c3)c2CCC1(F)F. The second kappa shape index (κ2) is 4.19. The first-order chi connectivity index (χ1) is 9.38. The number of benzene rings is 1. The lowest BCUT2D eigenvalue weighted by Gasteiger charge is -2.22. The minimum Gasteiger partial charge on any atom is -0.320 e. The zero-order valence-corrected chi connectivity index (χ0v) is 10.2. The van der Waals surface area contributed by atoms with Crippen LogP contribution in [0.2, 0.25) is 0 Å². The molecule has 0 N–H and O–H groups in total. The normalized spacial score (nSPS) is 17.1. The molecule has 1 aliphatic rings. The molecule has 2 aromatic rings. The van der Waals surface area contributed by atoms with E-state index in [1.54, 1.807) is 0 Å². The summed E-state index contributed by atoms with van der Waals surface area (Å²) in [6.07, 6.45) is 0.748. The Bertz CT molecular complexity index is 685. The highest BCUT2D eigenvalue weighted by atomic mass is 19.3. The maximum Gasteiger partial charge on any atom is 0.310 e. The number of carbonyl (C=O) groups is 1. The Labute approximate surface area is 111 Å². The summed E-state index contributed by atoms with van der Waals surface area (Å²) in [5.41, 5.74) is 0.429. The number of rotatable bonds is 1. The fourth-order valence-corrected chi connectivity index (χ4v) is 2.43. The van der Waals surface area contributed by atoms with E-state index in [0.29, 0.717) is 5.69 Å². The van der Waals surface area contributed by atoms with Crippen LogP contribution in [0.1, 0.15) is 22.5 Å². The first kappa shape index (κ1) is 12.9. The van der Waals surface area contributed by atoms with Crippen LogP contribution in [0.25, 0.3) is 5.69 Å². The van der Waals surface area contributed by atoms with Gasteiger partial charge in [-0.25, -0.2) is 8.78 Å². The average molecular weight is 283 g/mol. The molecule has 3 rings (SSSR count). The van der Waals surface area contributed by atoms with Crippen LogP contribution in [0.15, 0.2) is 30.5 Å². The van der Waals surface area contributed by atoms with Gasteiger partial charge in [-0.1, -0.05) is 0 Å². The van der Waals surface area contributed by atoms with Gasteiger partial charge in [0.25, 0.3) is 0 Å². The second-order valence-electron chi connectivity index (χ2n) is 4.71. The van der Waals surface area contributed by atoms with Gasteiger partial charge in [0.2, 0.25) is 5.78 Å². The standard InChI is InChI=1S/C14H9F4NO/c15-8-5-9(16)7-10(6-8)19-4-2-11-12(19)1-3-14(17,18)13(11)20/h2,4-7H,1,3H2. The third-order valence-corrected chi connectivity index (χ3v) is 3.37. The van der Waals surface area contributed by atoms with Gasteiger partial charge in [0, 0.05) is 29.9 Å². The number of hydrogen-bond donors (Lipinski definition) is 0. The van der Waals surface area contributed by atoms with Crippen LogP contribution in [-0.4, -0.2) is 16.3 Å². The number of halogens is 4. The quantitative estimate of drug-likeness (QED) is 0.734. The third kappa shape index (κ3) is 1.92. The fourth-order valence-electron chi connectivity index (χ4n) is 2.43. The van der Waals surface area contributed by atoms with E-state index >= 15 is 0 Å². The van der Waals surface area contributed by atoms with E-state index in [4.69, 9.17) is 0 Å². The molecule has 0 fully saturated rings. The van der Waals surface area contributed by atoms with E-state index in [1.807, 2.05) is 0 Å². The Morgan fingerprint density at radius 3 is 2.40 bits per heavy atom. The van der Waals surface area contributed by atoms with Crippen molar-refractivity contribution >= 4 is 5.78 Å². The van der Waals surface area contributed by atoms with Crippen molar-refractivity contribution < 1.29 is 22.4 Å². The summed E-state index contributed by atoms with van der Waals surface area (Å²) in [7, 11) is 0. The first-order valence-corrected chi connectivity index (χ1v) is 5.98. The number of ketones is 1. The minimum atomic E-state index is -3.37. The van der Waals surface area contributed by atoms with Crippen LogP contribution >= 0.6 is 0 Å². The number of nitrogens with zero attached hydrogens (tertiary/aromatic N) is 1. The average Bonchev–Trinajstić information content (AvgIpc) is 2.77. The number of aromatic nitrogens is 1. The summed E-state index contributed by atoms with van der Waals surface area (Å²) >= 11 is 0. The Morgan fingerprint density at radius 1 is 1.10 bits per heavy atom. The van der Waals surface area contributed by atoms with Crippen molar-refractivity contribution in [3.8, 4) is 5.69 Å². The molecule has 20 heavy (non-hydrogen) atoms. The van der Waals surface area contributed by atoms with Crippen LogP contribution in [0.3, 0.4) is 0 Å². The van der Waals surface area contributed by atoms with Gasteiger partial charge in [0.1, 0.15) is 11.6 Å². The summed E-state index contributed by atoms with van der Waals surface area (Å²) in [6, 6.07) is 4.15. The maximum atomic E-state index is 13.3. The molecule has 0 saturated carbocycles. The molecule has 0 spiro atoms. The third-order valence-electron chi connectivity index (χ3n) is 3.37. The fraction of sp³-hybridized carbons (Fsp3) is 0.214. The van der Waals surface area contributed by atoms with Gasteiger partial charge in [0.15, 0.2) is 0 Å². The number of carbonyl (C=O) groups excluding carboxylic acids is 1. The van der Waals surface area contributed by atoms with Crippen LogP contribution in [0.4, 0.5) is 17.6 Å². The van der Waals surface area contributed by atoms with E-state index in [-0.39, 0.29) is 17.7 Å². The van der Waals surface area contributed by atoms with Crippen molar-refractivity contribution in [1.29, 1.82) is 0 Å². The summed E-state index contributed by atoms with van der Waals surface area (Å²) in [4.78, 5) is 11.6. The van der Waals surface area contributed by atoms with Crippen molar-refractivity contribution in [3.63, 3.8) is 0 Å². The summed E-state index contributed by atoms with van der Waals surface area (Å²) < 4.78 is 54.5. The van der Waals surface area contributed by atoms with E-state index < -0.39 is 29.8 Å². The summed E-state index contributed by atoms with van der Waals surface area (Å²) in [6.45, 7) is 0. The van der Waals surface area contributed by atoms with Crippen molar-refractivity contribution in [2.75, 3.05) is 0 Å². The smallest absolute Gasteiger partial charge is 0.310 e. The number of Topliss-reactive ketones (excluding diaryl/α,β-unsaturated/α-hetero) is 1. The molecule has 2 nitrogen and oxygen atoms in total. The Kier molecular flexibility index (Phi) is 2.70. The molecule has 104 valence electrons. The Hall–Kier alpha value is -2.11. The van der Waals surface area contributed by atoms with Gasteiger partial charge < -0.3 is 4.57 Å². The number of hydrogen-bond acceptors (Lipinski definition) is 1. The lowest BCUT2D eigenvalue weighted by Crippen LogP contribution is -2.34. The lowest BCUT2D eigenvalue weighted by atomic mass is 9.93. The van der Waals surface area contributed by atoms with Crippen molar-refractivity contribution in [1.82, 2.24) is 4.57 Å². The largest absolute Gasteiger partial charge is 0.320 e. The molecule has 0 amide bonds. The lowest BCUT2D eigenvalue weighted by molar-refractivity contribution is 0.00175. The molecular weight excluding hydrogens is 274 g/mol. The van der Waals surface area contributed by atoms with Crippen molar-refractivity contribution in [2.24, 2.45) is 0 Å². The van der Waals surface area contributed by atoms with Gasteiger partial charge in [-0.2, -0.15) is 8.78 Å². The monoisotopic (exact) mass is 283 g/mol. The maximum absolute atomic E-state index is 13.3. The van der Waals surface area contributed by atoms with Crippen LogP contribution in [0.5, 0.6) is 0 Å². The number of alkyl halides is 2. The zero-order valence-electron chi connectivity index (χ0n) is 10.2. The van der Waals surface area contributed by atoms with Crippen molar-refractivity contribution in [2.45, 2.75) is 18.8 Å². The van der Waals surface area contributed by atoms with E-state index in [1.165, 1.54) is 16.8 Å². The number of fused-ring (bicyclic) bond motifs is 1. The van der Waals surface area contributed by atoms with Gasteiger partial charge in [-0.15, -0.1) is 0 Å². The van der Waals surface area contributed by atoms with Gasteiger partial charge in [-0.3, -0.25) is 4.79 Å². The summed E-state index contributed by atoms with van der Waals surface area (Å²) in [5, 5.41) is 0. The highest BCUT2D eigenvalue weighted by Crippen LogP contribution is 2.34. The van der Waals surface area contributed by atoms with Crippen LogP contribution in [0, 0.1) is 11.6 Å². The second-order valence-corrected chi connectivity index (χ2v) is 4.71. The predicted octanol–water partition coefficient (Wildman–Crippen LogP) is 3.52. The highest BCUT2D eigenvalue weighted by Gasteiger charge is 2.44. The predicted molar refractivity (Wildman–Crippen MR) is 63.3 cm³/mol. The molecule has 0 radical (unpaired) electrons. The molecule has 0 saturated heterocycles. The summed E-state index contributed by atoms with van der Waals surface area (Å²) in [5.74, 6) is -6.15. The van der Waals surface area contributed by atoms with Gasteiger partial charge >= 0.3 is 5.92 Å². The Balaban J connectivity index is 2.13. The van der Waals surface area contributed by atoms with E-state index in [2.05, 4.69) is 0 Å². The first-order valence-electron chi connectivity index (χ1n) is 5.98. The van der Waals surface area contributed by atoms with Gasteiger partial charge in [-0.05, 0) is 24.6 Å². The Morgan fingerprint density at radius 2 is 1.75 bits per heavy atom. The van der Waals surface area contributed by atoms with E-state index in [9.17, 15) is 22.4 Å². The van der Waals surface area contributed by atoms with Crippen LogP contribution < -0.4 is 0 Å². The topological polar surface area (TPSA) is 22.0 Å². The minimum absolute atomic E-state index is 0.0286. The van der Waals surface area contributed by atoms with E-state index in [0.717, 1.165) is 18.2 Å². The molecule has 1 aromatic carbocycles. The molecule has 0 bridgehead atoms.